The Morgan fingerprint density at radius 3 is 2.17 bits per heavy atom. The van der Waals surface area contributed by atoms with Crippen LogP contribution in [0.5, 0.6) is 0 Å². The molecule has 1 N–H and O–H groups in total. The first-order chi connectivity index (χ1) is 11.3. The van der Waals surface area contributed by atoms with Gasteiger partial charge in [0.05, 0.1) is 10.5 Å². The van der Waals surface area contributed by atoms with Gasteiger partial charge >= 0.3 is 0 Å². The number of aryl methyl sites for hydroxylation is 2. The average molecular weight is 367 g/mol. The highest BCUT2D eigenvalue weighted by atomic mass is 32.2. The van der Waals surface area contributed by atoms with Crippen LogP contribution >= 0.6 is 11.3 Å². The molecule has 24 heavy (non-hydrogen) atoms. The minimum atomic E-state index is -3.48. The maximum Gasteiger partial charge on any atom is 0.256 e. The molecule has 7 heteroatoms. The second kappa shape index (κ2) is 7.46. The summed E-state index contributed by atoms with van der Waals surface area (Å²) >= 11 is 1.58. The minimum Gasteiger partial charge on any atom is -0.322 e. The maximum absolute atomic E-state index is 12.4. The van der Waals surface area contributed by atoms with E-state index < -0.39 is 10.0 Å². The van der Waals surface area contributed by atoms with Gasteiger partial charge in [0.2, 0.25) is 10.0 Å². The number of amides is 1. The average Bonchev–Trinajstić information content (AvgIpc) is 2.87. The number of hydrogen-bond donors (Lipinski definition) is 1. The zero-order valence-corrected chi connectivity index (χ0v) is 15.9. The van der Waals surface area contributed by atoms with Crippen LogP contribution in [0.1, 0.15) is 34.0 Å². The van der Waals surface area contributed by atoms with E-state index in [1.54, 1.807) is 37.3 Å². The molecule has 0 aliphatic rings. The summed E-state index contributed by atoms with van der Waals surface area (Å²) < 4.78 is 26.3. The molecular weight excluding hydrogens is 344 g/mol. The molecule has 0 spiro atoms. The van der Waals surface area contributed by atoms with Crippen LogP contribution in [0.3, 0.4) is 0 Å². The van der Waals surface area contributed by atoms with Crippen LogP contribution in [0.15, 0.2) is 35.2 Å². The number of anilines is 1. The fraction of sp³-hybridized carbons (Fsp3) is 0.353. The highest BCUT2D eigenvalue weighted by Crippen LogP contribution is 2.23. The number of nitrogens with zero attached hydrogens (tertiary/aromatic N) is 1. The van der Waals surface area contributed by atoms with Crippen LogP contribution in [0.25, 0.3) is 0 Å². The Bertz CT molecular complexity index is 820. The Labute approximate surface area is 147 Å². The topological polar surface area (TPSA) is 66.5 Å². The molecular formula is C17H22N2O3S2. The van der Waals surface area contributed by atoms with Crippen LogP contribution in [-0.4, -0.2) is 31.7 Å². The number of carbonyl (C=O) groups is 1. The number of thiophene rings is 1. The Morgan fingerprint density at radius 2 is 1.71 bits per heavy atom. The van der Waals surface area contributed by atoms with Gasteiger partial charge in [-0.15, -0.1) is 11.3 Å². The first kappa shape index (κ1) is 18.6. The predicted octanol–water partition coefficient (Wildman–Crippen LogP) is 3.65. The smallest absolute Gasteiger partial charge is 0.256 e. The molecule has 0 aliphatic carbocycles. The van der Waals surface area contributed by atoms with Crippen LogP contribution < -0.4 is 5.32 Å². The second-order valence-electron chi connectivity index (χ2n) is 5.39. The van der Waals surface area contributed by atoms with Crippen molar-refractivity contribution in [3.63, 3.8) is 0 Å². The van der Waals surface area contributed by atoms with E-state index in [0.717, 1.165) is 9.75 Å². The third-order valence-electron chi connectivity index (χ3n) is 3.74. The molecule has 0 fully saturated rings. The number of carbonyl (C=O) groups excluding carboxylic acids is 1. The van der Waals surface area contributed by atoms with Gasteiger partial charge in [0.25, 0.3) is 5.91 Å². The third-order valence-corrected chi connectivity index (χ3v) is 6.77. The number of hydrogen-bond acceptors (Lipinski definition) is 4. The normalized spacial score (nSPS) is 11.7. The highest BCUT2D eigenvalue weighted by Gasteiger charge is 2.21. The van der Waals surface area contributed by atoms with Crippen LogP contribution in [0.4, 0.5) is 5.69 Å². The molecule has 1 amide bonds. The van der Waals surface area contributed by atoms with Crippen molar-refractivity contribution in [1.82, 2.24) is 4.31 Å². The molecule has 130 valence electrons. The van der Waals surface area contributed by atoms with Gasteiger partial charge in [-0.05, 0) is 44.2 Å². The van der Waals surface area contributed by atoms with E-state index in [-0.39, 0.29) is 10.8 Å². The fourth-order valence-electron chi connectivity index (χ4n) is 2.48. The van der Waals surface area contributed by atoms with Crippen molar-refractivity contribution in [3.8, 4) is 0 Å². The molecule has 1 heterocycles. The molecule has 1 aromatic carbocycles. The van der Waals surface area contributed by atoms with E-state index in [9.17, 15) is 13.2 Å². The predicted molar refractivity (Wildman–Crippen MR) is 98.3 cm³/mol. The largest absolute Gasteiger partial charge is 0.322 e. The summed E-state index contributed by atoms with van der Waals surface area (Å²) in [4.78, 5) is 14.6. The van der Waals surface area contributed by atoms with Gasteiger partial charge in [0, 0.05) is 28.5 Å². The van der Waals surface area contributed by atoms with Crippen LogP contribution in [0.2, 0.25) is 0 Å². The lowest BCUT2D eigenvalue weighted by Crippen LogP contribution is -2.30. The van der Waals surface area contributed by atoms with E-state index in [4.69, 9.17) is 0 Å². The van der Waals surface area contributed by atoms with E-state index in [1.807, 2.05) is 19.9 Å². The molecule has 0 saturated carbocycles. The van der Waals surface area contributed by atoms with Crippen molar-refractivity contribution in [2.24, 2.45) is 0 Å². The van der Waals surface area contributed by atoms with Crippen molar-refractivity contribution in [2.45, 2.75) is 32.6 Å². The van der Waals surface area contributed by atoms with E-state index in [1.165, 1.54) is 16.4 Å². The zero-order valence-electron chi connectivity index (χ0n) is 14.3. The molecule has 2 aromatic rings. The molecule has 2 rings (SSSR count). The van der Waals surface area contributed by atoms with Crippen molar-refractivity contribution in [1.29, 1.82) is 0 Å². The first-order valence-electron chi connectivity index (χ1n) is 7.78. The Balaban J connectivity index is 2.18. The lowest BCUT2D eigenvalue weighted by molar-refractivity contribution is 0.102. The molecule has 0 atom stereocenters. The SMILES string of the molecule is CCN(CC)S(=O)(=O)c1ccc(NC(=O)c2cc(C)sc2C)cc1. The molecule has 0 bridgehead atoms. The first-order valence-corrected chi connectivity index (χ1v) is 10.0. The number of rotatable bonds is 6. The maximum atomic E-state index is 12.4. The van der Waals surface area contributed by atoms with E-state index in [0.29, 0.717) is 24.3 Å². The number of benzene rings is 1. The number of sulfonamides is 1. The lowest BCUT2D eigenvalue weighted by Gasteiger charge is -2.18. The summed E-state index contributed by atoms with van der Waals surface area (Å²) in [5.41, 5.74) is 1.22. The molecule has 0 radical (unpaired) electrons. The van der Waals surface area contributed by atoms with Crippen molar-refractivity contribution < 1.29 is 13.2 Å². The monoisotopic (exact) mass is 366 g/mol. The summed E-state index contributed by atoms with van der Waals surface area (Å²) in [6.07, 6.45) is 0. The van der Waals surface area contributed by atoms with E-state index in [2.05, 4.69) is 5.32 Å². The standard InChI is InChI=1S/C17H22N2O3S2/c1-5-19(6-2)24(21,22)15-9-7-14(8-10-15)18-17(20)16-11-12(3)23-13(16)4/h7-11H,5-6H2,1-4H3,(H,18,20). The van der Waals surface area contributed by atoms with Gasteiger partial charge < -0.3 is 5.32 Å². The van der Waals surface area contributed by atoms with Gasteiger partial charge in [-0.1, -0.05) is 13.8 Å². The van der Waals surface area contributed by atoms with Crippen molar-refractivity contribution >= 4 is 33.0 Å². The van der Waals surface area contributed by atoms with Gasteiger partial charge in [-0.2, -0.15) is 4.31 Å². The summed E-state index contributed by atoms with van der Waals surface area (Å²) in [5.74, 6) is -0.184. The Morgan fingerprint density at radius 1 is 1.12 bits per heavy atom. The van der Waals surface area contributed by atoms with Crippen molar-refractivity contribution in [3.05, 3.63) is 45.6 Å². The quantitative estimate of drug-likeness (QED) is 0.849. The van der Waals surface area contributed by atoms with Crippen molar-refractivity contribution in [2.75, 3.05) is 18.4 Å². The van der Waals surface area contributed by atoms with Crippen LogP contribution in [0, 0.1) is 13.8 Å². The molecule has 0 unspecified atom stereocenters. The fourth-order valence-corrected chi connectivity index (χ4v) is 4.86. The third kappa shape index (κ3) is 3.85. The summed E-state index contributed by atoms with van der Waals surface area (Å²) in [6, 6.07) is 8.13. The second-order valence-corrected chi connectivity index (χ2v) is 8.79. The highest BCUT2D eigenvalue weighted by molar-refractivity contribution is 7.89. The zero-order chi connectivity index (χ0) is 17.9. The molecule has 0 saturated heterocycles. The molecule has 5 nitrogen and oxygen atoms in total. The summed E-state index contributed by atoms with van der Waals surface area (Å²) in [7, 11) is -3.48. The number of nitrogens with one attached hydrogen (secondary N) is 1. The van der Waals surface area contributed by atoms with Gasteiger partial charge in [0.1, 0.15) is 0 Å². The molecule has 0 aliphatic heterocycles. The Hall–Kier alpha value is -1.70. The minimum absolute atomic E-state index is 0.184. The summed E-state index contributed by atoms with van der Waals surface area (Å²) in [5, 5.41) is 2.81. The van der Waals surface area contributed by atoms with Crippen LogP contribution in [-0.2, 0) is 10.0 Å². The van der Waals surface area contributed by atoms with Gasteiger partial charge in [-0.3, -0.25) is 4.79 Å². The lowest BCUT2D eigenvalue weighted by atomic mass is 10.2. The summed E-state index contributed by atoms with van der Waals surface area (Å²) in [6.45, 7) is 8.33. The van der Waals surface area contributed by atoms with E-state index >= 15 is 0 Å². The van der Waals surface area contributed by atoms with Gasteiger partial charge in [-0.25, -0.2) is 8.42 Å². The Kier molecular flexibility index (Phi) is 5.79. The van der Waals surface area contributed by atoms with Gasteiger partial charge in [0.15, 0.2) is 0 Å². The molecule has 1 aromatic heterocycles.